The van der Waals surface area contributed by atoms with E-state index in [9.17, 15) is 0 Å². The number of anilines is 1. The molecule has 4 heteroatoms. The van der Waals surface area contributed by atoms with Crippen molar-refractivity contribution in [3.63, 3.8) is 0 Å². The Hall–Kier alpha value is -0.800. The van der Waals surface area contributed by atoms with Gasteiger partial charge in [-0.15, -0.1) is 0 Å². The molecule has 0 aromatic carbocycles. The second kappa shape index (κ2) is 6.71. The summed E-state index contributed by atoms with van der Waals surface area (Å²) in [5.74, 6) is 0. The second-order valence-corrected chi connectivity index (χ2v) is 4.19. The van der Waals surface area contributed by atoms with Crippen molar-refractivity contribution in [1.29, 1.82) is 0 Å². The van der Waals surface area contributed by atoms with Crippen LogP contribution in [0.5, 0.6) is 0 Å². The summed E-state index contributed by atoms with van der Waals surface area (Å²) in [6.07, 6.45) is 5.64. The van der Waals surface area contributed by atoms with E-state index in [0.29, 0.717) is 17.6 Å². The molecular weight excluding hydrogens is 222 g/mol. The summed E-state index contributed by atoms with van der Waals surface area (Å²) in [5.41, 5.74) is 6.70. The summed E-state index contributed by atoms with van der Waals surface area (Å²) in [5, 5.41) is 0.697. The average Bonchev–Trinajstić information content (AvgIpc) is 2.30. The molecule has 16 heavy (non-hydrogen) atoms. The van der Waals surface area contributed by atoms with Crippen LogP contribution in [-0.4, -0.2) is 24.1 Å². The molecular formula is C12H20ClN3. The smallest absolute Gasteiger partial charge is 0.0822 e. The maximum atomic E-state index is 6.17. The number of halogens is 1. The summed E-state index contributed by atoms with van der Waals surface area (Å²) in [7, 11) is 0. The zero-order valence-corrected chi connectivity index (χ0v) is 10.7. The molecule has 0 aliphatic heterocycles. The van der Waals surface area contributed by atoms with Crippen molar-refractivity contribution in [1.82, 2.24) is 4.98 Å². The first kappa shape index (κ1) is 13.3. The third-order valence-electron chi connectivity index (χ3n) is 2.81. The third-order valence-corrected chi connectivity index (χ3v) is 3.10. The number of hydrogen-bond donors (Lipinski definition) is 1. The molecule has 0 spiro atoms. The van der Waals surface area contributed by atoms with E-state index in [4.69, 9.17) is 17.3 Å². The van der Waals surface area contributed by atoms with Gasteiger partial charge in [-0.05, 0) is 18.9 Å². The Morgan fingerprint density at radius 1 is 1.44 bits per heavy atom. The molecule has 90 valence electrons. The minimum Gasteiger partial charge on any atom is -0.366 e. The van der Waals surface area contributed by atoms with E-state index in [1.165, 1.54) is 0 Å². The van der Waals surface area contributed by atoms with Gasteiger partial charge in [0.2, 0.25) is 0 Å². The molecule has 2 N–H and O–H groups in total. The van der Waals surface area contributed by atoms with Gasteiger partial charge in [0.15, 0.2) is 0 Å². The van der Waals surface area contributed by atoms with Gasteiger partial charge in [0.1, 0.15) is 0 Å². The number of rotatable bonds is 6. The van der Waals surface area contributed by atoms with Crippen LogP contribution in [0.2, 0.25) is 5.02 Å². The topological polar surface area (TPSA) is 42.1 Å². The standard InChI is InChI=1S/C12H20ClN3/c1-3-10(4-2)16(8-6-14)12-5-7-15-9-11(12)13/h5,7,9-10H,3-4,6,8,14H2,1-2H3. The predicted molar refractivity (Wildman–Crippen MR) is 70.0 cm³/mol. The summed E-state index contributed by atoms with van der Waals surface area (Å²) in [6.45, 7) is 5.84. The molecule has 1 aromatic heterocycles. The molecule has 0 unspecified atom stereocenters. The second-order valence-electron chi connectivity index (χ2n) is 3.78. The van der Waals surface area contributed by atoms with Crippen molar-refractivity contribution < 1.29 is 0 Å². The molecule has 3 nitrogen and oxygen atoms in total. The lowest BCUT2D eigenvalue weighted by Crippen LogP contribution is -2.38. The van der Waals surface area contributed by atoms with Crippen LogP contribution in [-0.2, 0) is 0 Å². The van der Waals surface area contributed by atoms with Gasteiger partial charge in [-0.25, -0.2) is 0 Å². The lowest BCUT2D eigenvalue weighted by Gasteiger charge is -2.32. The Bertz CT molecular complexity index is 313. The zero-order valence-electron chi connectivity index (χ0n) is 9.99. The highest BCUT2D eigenvalue weighted by Crippen LogP contribution is 2.27. The summed E-state index contributed by atoms with van der Waals surface area (Å²) in [6, 6.07) is 2.44. The molecule has 0 aliphatic rings. The van der Waals surface area contributed by atoms with Crippen LogP contribution >= 0.6 is 11.6 Å². The fourth-order valence-electron chi connectivity index (χ4n) is 1.97. The lowest BCUT2D eigenvalue weighted by atomic mass is 10.1. The van der Waals surface area contributed by atoms with Crippen LogP contribution in [0, 0.1) is 0 Å². The van der Waals surface area contributed by atoms with Gasteiger partial charge < -0.3 is 10.6 Å². The molecule has 0 saturated heterocycles. The summed E-state index contributed by atoms with van der Waals surface area (Å²) >= 11 is 6.17. The van der Waals surface area contributed by atoms with Gasteiger partial charge in [0.05, 0.1) is 10.7 Å². The molecule has 0 aliphatic carbocycles. The Labute approximate surface area is 103 Å². The molecule has 0 amide bonds. The SMILES string of the molecule is CCC(CC)N(CCN)c1ccncc1Cl. The summed E-state index contributed by atoms with van der Waals surface area (Å²) < 4.78 is 0. The molecule has 1 heterocycles. The number of pyridine rings is 1. The van der Waals surface area contributed by atoms with Crippen LogP contribution in [0.3, 0.4) is 0 Å². The van der Waals surface area contributed by atoms with E-state index < -0.39 is 0 Å². The van der Waals surface area contributed by atoms with Gasteiger partial charge in [0, 0.05) is 31.5 Å². The lowest BCUT2D eigenvalue weighted by molar-refractivity contribution is 0.559. The molecule has 1 aromatic rings. The van der Waals surface area contributed by atoms with E-state index >= 15 is 0 Å². The summed E-state index contributed by atoms with van der Waals surface area (Å²) in [4.78, 5) is 6.29. The van der Waals surface area contributed by atoms with Crippen LogP contribution < -0.4 is 10.6 Å². The number of aromatic nitrogens is 1. The third kappa shape index (κ3) is 3.09. The van der Waals surface area contributed by atoms with Gasteiger partial charge >= 0.3 is 0 Å². The van der Waals surface area contributed by atoms with Crippen molar-refractivity contribution in [2.24, 2.45) is 5.73 Å². The van der Waals surface area contributed by atoms with E-state index in [2.05, 4.69) is 23.7 Å². The Morgan fingerprint density at radius 2 is 2.12 bits per heavy atom. The molecule has 0 fully saturated rings. The van der Waals surface area contributed by atoms with Gasteiger partial charge in [-0.3, -0.25) is 4.98 Å². The highest BCUT2D eigenvalue weighted by Gasteiger charge is 2.17. The van der Waals surface area contributed by atoms with Crippen LogP contribution in [0.1, 0.15) is 26.7 Å². The zero-order chi connectivity index (χ0) is 12.0. The normalized spacial score (nSPS) is 10.8. The Kier molecular flexibility index (Phi) is 5.56. The number of nitrogens with zero attached hydrogens (tertiary/aromatic N) is 2. The first-order valence-electron chi connectivity index (χ1n) is 5.80. The number of hydrogen-bond acceptors (Lipinski definition) is 3. The molecule has 0 saturated carbocycles. The van der Waals surface area contributed by atoms with E-state index in [1.807, 2.05) is 6.07 Å². The predicted octanol–water partition coefficient (Wildman–Crippen LogP) is 2.69. The molecule has 0 bridgehead atoms. The van der Waals surface area contributed by atoms with E-state index in [0.717, 1.165) is 25.1 Å². The van der Waals surface area contributed by atoms with Crippen LogP contribution in [0.4, 0.5) is 5.69 Å². The maximum Gasteiger partial charge on any atom is 0.0822 e. The van der Waals surface area contributed by atoms with Crippen molar-refractivity contribution in [2.45, 2.75) is 32.7 Å². The first-order valence-corrected chi connectivity index (χ1v) is 6.18. The van der Waals surface area contributed by atoms with Crippen molar-refractivity contribution >= 4 is 17.3 Å². The van der Waals surface area contributed by atoms with E-state index in [1.54, 1.807) is 12.4 Å². The molecule has 0 atom stereocenters. The number of nitrogens with two attached hydrogens (primary N) is 1. The Morgan fingerprint density at radius 3 is 2.62 bits per heavy atom. The van der Waals surface area contributed by atoms with E-state index in [-0.39, 0.29) is 0 Å². The fraction of sp³-hybridized carbons (Fsp3) is 0.583. The van der Waals surface area contributed by atoms with Crippen molar-refractivity contribution in [2.75, 3.05) is 18.0 Å². The maximum absolute atomic E-state index is 6.17. The fourth-order valence-corrected chi connectivity index (χ4v) is 2.20. The molecule has 1 rings (SSSR count). The average molecular weight is 242 g/mol. The molecule has 0 radical (unpaired) electrons. The largest absolute Gasteiger partial charge is 0.366 e. The van der Waals surface area contributed by atoms with Crippen molar-refractivity contribution in [3.05, 3.63) is 23.5 Å². The minimum atomic E-state index is 0.489. The van der Waals surface area contributed by atoms with Crippen LogP contribution in [0.15, 0.2) is 18.5 Å². The van der Waals surface area contributed by atoms with Gasteiger partial charge in [-0.1, -0.05) is 25.4 Å². The first-order chi connectivity index (χ1) is 7.74. The van der Waals surface area contributed by atoms with Crippen molar-refractivity contribution in [3.8, 4) is 0 Å². The monoisotopic (exact) mass is 241 g/mol. The Balaban J connectivity index is 2.97. The van der Waals surface area contributed by atoms with Crippen LogP contribution in [0.25, 0.3) is 0 Å². The minimum absolute atomic E-state index is 0.489. The van der Waals surface area contributed by atoms with Gasteiger partial charge in [-0.2, -0.15) is 0 Å². The van der Waals surface area contributed by atoms with Gasteiger partial charge in [0.25, 0.3) is 0 Å². The quantitative estimate of drug-likeness (QED) is 0.833. The highest BCUT2D eigenvalue weighted by atomic mass is 35.5. The highest BCUT2D eigenvalue weighted by molar-refractivity contribution is 6.33.